The van der Waals surface area contributed by atoms with E-state index in [0.717, 1.165) is 0 Å². The van der Waals surface area contributed by atoms with E-state index in [9.17, 15) is 18.0 Å². The third-order valence-electron chi connectivity index (χ3n) is 3.65. The molecule has 9 heteroatoms. The van der Waals surface area contributed by atoms with E-state index in [0.29, 0.717) is 29.9 Å². The van der Waals surface area contributed by atoms with Gasteiger partial charge in [0.25, 0.3) is 5.91 Å². The second kappa shape index (κ2) is 7.88. The Morgan fingerprint density at radius 2 is 2.04 bits per heavy atom. The highest BCUT2D eigenvalue weighted by Crippen LogP contribution is 2.22. The largest absolute Gasteiger partial charge is 0.430 e. The van der Waals surface area contributed by atoms with Crippen molar-refractivity contribution in [3.63, 3.8) is 0 Å². The van der Waals surface area contributed by atoms with E-state index < -0.39 is 23.5 Å². The lowest BCUT2D eigenvalue weighted by molar-refractivity contribution is -0.128. The van der Waals surface area contributed by atoms with Crippen molar-refractivity contribution in [3.05, 3.63) is 46.6 Å². The molecule has 0 aromatic heterocycles. The molecular weight excluding hydrogens is 359 g/mol. The minimum atomic E-state index is -4.79. The molecule has 1 heterocycles. The van der Waals surface area contributed by atoms with Gasteiger partial charge in [-0.3, -0.25) is 10.2 Å². The van der Waals surface area contributed by atoms with E-state index in [-0.39, 0.29) is 19.0 Å². The molecule has 1 aliphatic rings. The number of carbonyl (C=O) groups is 1. The number of ether oxygens (including phenoxy) is 1. The summed E-state index contributed by atoms with van der Waals surface area (Å²) >= 11 is 6.08. The predicted octanol–water partition coefficient (Wildman–Crippen LogP) is 2.74. The molecular formula is C16H17ClF3N3O2. The summed E-state index contributed by atoms with van der Waals surface area (Å²) in [4.78, 5) is 13.7. The molecule has 0 aliphatic carbocycles. The van der Waals surface area contributed by atoms with E-state index in [2.05, 4.69) is 0 Å². The number of nitrogens with one attached hydrogen (secondary N) is 1. The van der Waals surface area contributed by atoms with Gasteiger partial charge in [-0.2, -0.15) is 13.2 Å². The summed E-state index contributed by atoms with van der Waals surface area (Å²) in [6.45, 7) is 1.25. The molecule has 1 amide bonds. The van der Waals surface area contributed by atoms with Crippen molar-refractivity contribution in [1.29, 1.82) is 5.41 Å². The standard InChI is InChI=1S/C16H17ClF3N3O2/c17-12-4-2-1-3-11(12)7-23(6-10-8-25-9-10)15(24)13(21)5-14(22)16(18,19)20/h1-5,10,21H,6-9,22H2. The third-order valence-corrected chi connectivity index (χ3v) is 4.02. The Morgan fingerprint density at radius 1 is 1.40 bits per heavy atom. The minimum Gasteiger partial charge on any atom is -0.395 e. The summed E-state index contributed by atoms with van der Waals surface area (Å²) in [5, 5.41) is 8.09. The van der Waals surface area contributed by atoms with Crippen LogP contribution in [-0.4, -0.2) is 42.5 Å². The molecule has 0 unspecified atom stereocenters. The van der Waals surface area contributed by atoms with Crippen LogP contribution in [0.3, 0.4) is 0 Å². The molecule has 1 aromatic carbocycles. The van der Waals surface area contributed by atoms with Crippen molar-refractivity contribution >= 4 is 23.2 Å². The quantitative estimate of drug-likeness (QED) is 0.750. The number of benzene rings is 1. The van der Waals surface area contributed by atoms with Crippen LogP contribution in [0.25, 0.3) is 0 Å². The first-order valence-electron chi connectivity index (χ1n) is 7.42. The van der Waals surface area contributed by atoms with Gasteiger partial charge >= 0.3 is 6.18 Å². The number of allylic oxidation sites excluding steroid dienone is 1. The number of halogens is 4. The SMILES string of the molecule is N=C(C=C(N)C(F)(F)F)C(=O)N(Cc1ccccc1Cl)CC1COC1. The topological polar surface area (TPSA) is 79.4 Å². The van der Waals surface area contributed by atoms with Crippen molar-refractivity contribution in [2.24, 2.45) is 11.7 Å². The Bertz CT molecular complexity index is 687. The second-order valence-corrected chi connectivity index (χ2v) is 6.10. The van der Waals surface area contributed by atoms with E-state index in [1.165, 1.54) is 4.90 Å². The van der Waals surface area contributed by atoms with Gasteiger partial charge in [0.2, 0.25) is 0 Å². The van der Waals surface area contributed by atoms with Crippen molar-refractivity contribution in [3.8, 4) is 0 Å². The van der Waals surface area contributed by atoms with Gasteiger partial charge in [0, 0.05) is 24.0 Å². The van der Waals surface area contributed by atoms with Gasteiger partial charge in [-0.25, -0.2) is 0 Å². The van der Waals surface area contributed by atoms with E-state index in [1.54, 1.807) is 24.3 Å². The summed E-state index contributed by atoms with van der Waals surface area (Å²) in [7, 11) is 0. The molecule has 3 N–H and O–H groups in total. The normalized spacial score (nSPS) is 15.6. The molecule has 5 nitrogen and oxygen atoms in total. The molecule has 0 saturated carbocycles. The zero-order valence-corrected chi connectivity index (χ0v) is 13.9. The summed E-state index contributed by atoms with van der Waals surface area (Å²) in [6, 6.07) is 6.83. The molecule has 1 fully saturated rings. The van der Waals surface area contributed by atoms with Crippen molar-refractivity contribution in [1.82, 2.24) is 4.90 Å². The molecule has 0 spiro atoms. The summed E-state index contributed by atoms with van der Waals surface area (Å²) in [5.41, 5.74) is 3.20. The molecule has 2 rings (SSSR count). The monoisotopic (exact) mass is 375 g/mol. The highest BCUT2D eigenvalue weighted by molar-refractivity contribution is 6.42. The fourth-order valence-corrected chi connectivity index (χ4v) is 2.42. The maximum atomic E-state index is 12.5. The molecule has 1 aromatic rings. The minimum absolute atomic E-state index is 0.0724. The fourth-order valence-electron chi connectivity index (χ4n) is 2.22. The number of hydrogen-bond donors (Lipinski definition) is 2. The summed E-state index contributed by atoms with van der Waals surface area (Å²) < 4.78 is 42.6. The predicted molar refractivity (Wildman–Crippen MR) is 87.2 cm³/mol. The average molecular weight is 376 g/mol. The van der Waals surface area contributed by atoms with Crippen molar-refractivity contribution < 1.29 is 22.7 Å². The number of nitrogens with zero attached hydrogens (tertiary/aromatic N) is 1. The number of alkyl halides is 3. The third kappa shape index (κ3) is 5.20. The molecule has 136 valence electrons. The van der Waals surface area contributed by atoms with Gasteiger partial charge in [0.15, 0.2) is 0 Å². The maximum absolute atomic E-state index is 12.5. The Balaban J connectivity index is 2.17. The van der Waals surface area contributed by atoms with Gasteiger partial charge in [0.1, 0.15) is 11.4 Å². The number of rotatable bonds is 6. The Kier molecular flexibility index (Phi) is 6.07. The van der Waals surface area contributed by atoms with Crippen LogP contribution in [0, 0.1) is 11.3 Å². The molecule has 1 saturated heterocycles. The lowest BCUT2D eigenvalue weighted by Gasteiger charge is -2.32. The smallest absolute Gasteiger partial charge is 0.395 e. The summed E-state index contributed by atoms with van der Waals surface area (Å²) in [6.07, 6.45) is -4.46. The number of carbonyl (C=O) groups excluding carboxylic acids is 1. The van der Waals surface area contributed by atoms with Crippen LogP contribution in [-0.2, 0) is 16.1 Å². The van der Waals surface area contributed by atoms with E-state index in [4.69, 9.17) is 27.5 Å². The average Bonchev–Trinajstić information content (AvgIpc) is 2.49. The van der Waals surface area contributed by atoms with Crippen LogP contribution in [0.2, 0.25) is 5.02 Å². The zero-order valence-electron chi connectivity index (χ0n) is 13.1. The highest BCUT2D eigenvalue weighted by Gasteiger charge is 2.33. The Morgan fingerprint density at radius 3 is 2.56 bits per heavy atom. The van der Waals surface area contributed by atoms with Crippen LogP contribution >= 0.6 is 11.6 Å². The van der Waals surface area contributed by atoms with Crippen LogP contribution in [0.5, 0.6) is 0 Å². The first-order chi connectivity index (χ1) is 11.7. The van der Waals surface area contributed by atoms with Gasteiger partial charge < -0.3 is 15.4 Å². The zero-order chi connectivity index (χ0) is 18.6. The van der Waals surface area contributed by atoms with Gasteiger partial charge in [0.05, 0.1) is 13.2 Å². The molecule has 0 atom stereocenters. The first-order valence-corrected chi connectivity index (χ1v) is 7.79. The number of amides is 1. The maximum Gasteiger partial charge on any atom is 0.430 e. The lowest BCUT2D eigenvalue weighted by Crippen LogP contribution is -2.44. The van der Waals surface area contributed by atoms with Gasteiger partial charge in [-0.15, -0.1) is 0 Å². The summed E-state index contributed by atoms with van der Waals surface area (Å²) in [5.74, 6) is -0.776. The van der Waals surface area contributed by atoms with E-state index in [1.807, 2.05) is 0 Å². The van der Waals surface area contributed by atoms with Crippen molar-refractivity contribution in [2.45, 2.75) is 12.7 Å². The van der Waals surface area contributed by atoms with Crippen molar-refractivity contribution in [2.75, 3.05) is 19.8 Å². The van der Waals surface area contributed by atoms with Crippen LogP contribution in [0.15, 0.2) is 36.0 Å². The van der Waals surface area contributed by atoms with Crippen LogP contribution in [0.1, 0.15) is 5.56 Å². The number of hydrogen-bond acceptors (Lipinski definition) is 4. The van der Waals surface area contributed by atoms with Crippen LogP contribution < -0.4 is 5.73 Å². The Hall–Kier alpha value is -2.06. The molecule has 0 bridgehead atoms. The van der Waals surface area contributed by atoms with Gasteiger partial charge in [-0.1, -0.05) is 29.8 Å². The molecule has 25 heavy (non-hydrogen) atoms. The first kappa shape index (κ1) is 19.3. The van der Waals surface area contributed by atoms with E-state index >= 15 is 0 Å². The Labute approximate surface area is 147 Å². The second-order valence-electron chi connectivity index (χ2n) is 5.69. The molecule has 1 aliphatic heterocycles. The van der Waals surface area contributed by atoms with Gasteiger partial charge in [-0.05, 0) is 17.7 Å². The van der Waals surface area contributed by atoms with Crippen LogP contribution in [0.4, 0.5) is 13.2 Å². The molecule has 0 radical (unpaired) electrons. The fraction of sp³-hybridized carbons (Fsp3) is 0.375. The number of nitrogens with two attached hydrogens (primary N) is 1. The lowest BCUT2D eigenvalue weighted by atomic mass is 10.1. The highest BCUT2D eigenvalue weighted by atomic mass is 35.5.